The Hall–Kier alpha value is -2.71. The van der Waals surface area contributed by atoms with E-state index in [-0.39, 0.29) is 18.4 Å². The second kappa shape index (κ2) is 9.27. The molecule has 0 saturated carbocycles. The number of aryl methyl sites for hydroxylation is 4. The number of thiophene rings is 1. The summed E-state index contributed by atoms with van der Waals surface area (Å²) in [6, 6.07) is 10.7. The molecule has 0 fully saturated rings. The Kier molecular flexibility index (Phi) is 6.21. The van der Waals surface area contributed by atoms with Crippen LogP contribution in [0.5, 0.6) is 0 Å². The quantitative estimate of drug-likeness (QED) is 0.402. The highest BCUT2D eigenvalue weighted by Crippen LogP contribution is 2.30. The van der Waals surface area contributed by atoms with Gasteiger partial charge in [0.1, 0.15) is 0 Å². The molecule has 3 aromatic heterocycles. The number of carbonyl (C=O) groups is 1. The van der Waals surface area contributed by atoms with Crippen molar-refractivity contribution in [3.8, 4) is 0 Å². The maximum atomic E-state index is 13.3. The number of aromatic nitrogens is 4. The average molecular weight is 478 g/mol. The number of fused-ring (bicyclic) bond motifs is 2. The number of rotatable bonds is 6. The zero-order chi connectivity index (χ0) is 22.9. The third-order valence-corrected chi connectivity index (χ3v) is 7.86. The van der Waals surface area contributed by atoms with Crippen LogP contribution in [0.15, 0.2) is 40.9 Å². The van der Waals surface area contributed by atoms with Crippen LogP contribution >= 0.6 is 23.1 Å². The molecule has 1 atom stereocenters. The van der Waals surface area contributed by atoms with Gasteiger partial charge in [0.2, 0.25) is 11.1 Å². The summed E-state index contributed by atoms with van der Waals surface area (Å²) < 4.78 is 1.74. The second-order valence-electron chi connectivity index (χ2n) is 8.50. The Balaban J connectivity index is 1.43. The Morgan fingerprint density at radius 3 is 2.76 bits per heavy atom. The Morgan fingerprint density at radius 2 is 2.00 bits per heavy atom. The average Bonchev–Trinajstić information content (AvgIpc) is 3.50. The van der Waals surface area contributed by atoms with Gasteiger partial charge in [0, 0.05) is 21.8 Å². The minimum absolute atomic E-state index is 0.0244. The lowest BCUT2D eigenvalue weighted by Gasteiger charge is -2.22. The van der Waals surface area contributed by atoms with E-state index in [4.69, 9.17) is 0 Å². The van der Waals surface area contributed by atoms with Crippen LogP contribution in [0.1, 0.15) is 57.4 Å². The molecule has 1 unspecified atom stereocenters. The van der Waals surface area contributed by atoms with Crippen molar-refractivity contribution in [1.29, 1.82) is 0 Å². The molecule has 8 heteroatoms. The van der Waals surface area contributed by atoms with Gasteiger partial charge in [-0.05, 0) is 73.9 Å². The SMILES string of the molecule is CSc1nc2nc(C)c(CC(=O)NC(c3ccc4c(c3)CCCC4)c3cccs3)c(C)n2n1. The van der Waals surface area contributed by atoms with Crippen molar-refractivity contribution in [3.63, 3.8) is 0 Å². The van der Waals surface area contributed by atoms with Crippen molar-refractivity contribution in [3.05, 3.63) is 74.2 Å². The molecule has 3 heterocycles. The van der Waals surface area contributed by atoms with Gasteiger partial charge in [0.25, 0.3) is 5.78 Å². The first-order valence-electron chi connectivity index (χ1n) is 11.2. The number of hydrogen-bond acceptors (Lipinski definition) is 6. The number of nitrogens with zero attached hydrogens (tertiary/aromatic N) is 4. The molecule has 0 bridgehead atoms. The first kappa shape index (κ1) is 22.1. The van der Waals surface area contributed by atoms with Crippen molar-refractivity contribution in [2.75, 3.05) is 6.26 Å². The molecule has 170 valence electrons. The summed E-state index contributed by atoms with van der Waals surface area (Å²) in [6.45, 7) is 3.91. The summed E-state index contributed by atoms with van der Waals surface area (Å²) in [5, 5.41) is 10.6. The summed E-state index contributed by atoms with van der Waals surface area (Å²) in [7, 11) is 0. The summed E-state index contributed by atoms with van der Waals surface area (Å²) in [4.78, 5) is 23.5. The van der Waals surface area contributed by atoms with E-state index in [9.17, 15) is 4.79 Å². The highest BCUT2D eigenvalue weighted by molar-refractivity contribution is 7.98. The summed E-state index contributed by atoms with van der Waals surface area (Å²) >= 11 is 3.16. The fourth-order valence-corrected chi connectivity index (χ4v) is 5.75. The molecule has 0 spiro atoms. The van der Waals surface area contributed by atoms with Gasteiger partial charge in [-0.25, -0.2) is 9.50 Å². The minimum atomic E-state index is -0.156. The van der Waals surface area contributed by atoms with E-state index >= 15 is 0 Å². The van der Waals surface area contributed by atoms with Gasteiger partial charge in [-0.3, -0.25) is 4.79 Å². The van der Waals surface area contributed by atoms with Crippen LogP contribution in [0, 0.1) is 13.8 Å². The van der Waals surface area contributed by atoms with Gasteiger partial charge in [-0.15, -0.1) is 16.4 Å². The van der Waals surface area contributed by atoms with E-state index in [2.05, 4.69) is 50.0 Å². The molecule has 1 aromatic carbocycles. The molecule has 5 rings (SSSR count). The first-order chi connectivity index (χ1) is 16.0. The zero-order valence-electron chi connectivity index (χ0n) is 19.1. The lowest BCUT2D eigenvalue weighted by Crippen LogP contribution is -2.31. The fourth-order valence-electron chi connectivity index (χ4n) is 4.61. The molecule has 1 N–H and O–H groups in total. The largest absolute Gasteiger partial charge is 0.344 e. The molecular weight excluding hydrogens is 450 g/mol. The van der Waals surface area contributed by atoms with Crippen LogP contribution in [-0.2, 0) is 24.1 Å². The monoisotopic (exact) mass is 477 g/mol. The molecule has 1 amide bonds. The van der Waals surface area contributed by atoms with Crippen molar-refractivity contribution < 1.29 is 4.79 Å². The predicted molar refractivity (Wildman–Crippen MR) is 133 cm³/mol. The smallest absolute Gasteiger partial charge is 0.253 e. The van der Waals surface area contributed by atoms with E-state index in [1.807, 2.05) is 26.2 Å². The van der Waals surface area contributed by atoms with Gasteiger partial charge in [-0.2, -0.15) is 4.98 Å². The lowest BCUT2D eigenvalue weighted by atomic mass is 9.89. The van der Waals surface area contributed by atoms with Gasteiger partial charge in [0.15, 0.2) is 0 Å². The van der Waals surface area contributed by atoms with Crippen LogP contribution in [0.2, 0.25) is 0 Å². The molecule has 1 aliphatic rings. The number of thioether (sulfide) groups is 1. The first-order valence-corrected chi connectivity index (χ1v) is 13.3. The van der Waals surface area contributed by atoms with E-state index < -0.39 is 0 Å². The topological polar surface area (TPSA) is 72.2 Å². The normalized spacial score (nSPS) is 14.3. The van der Waals surface area contributed by atoms with Crippen LogP contribution in [0.4, 0.5) is 0 Å². The number of benzene rings is 1. The van der Waals surface area contributed by atoms with Gasteiger partial charge in [0.05, 0.1) is 12.5 Å². The maximum absolute atomic E-state index is 13.3. The third kappa shape index (κ3) is 4.42. The highest BCUT2D eigenvalue weighted by Gasteiger charge is 2.22. The van der Waals surface area contributed by atoms with Crippen molar-refractivity contribution in [1.82, 2.24) is 24.9 Å². The standard InChI is InChI=1S/C25H27N5OS2/c1-15-20(16(2)30-24(26-15)28-25(29-30)32-3)14-22(31)27-23(21-9-6-12-33-21)19-11-10-17-7-4-5-8-18(17)13-19/h6,9-13,23H,4-5,7-8,14H2,1-3H3,(H,27,31). The van der Waals surface area contributed by atoms with E-state index in [0.29, 0.717) is 10.9 Å². The summed E-state index contributed by atoms with van der Waals surface area (Å²) in [6.07, 6.45) is 6.97. The third-order valence-electron chi connectivity index (χ3n) is 6.39. The minimum Gasteiger partial charge on any atom is -0.344 e. The summed E-state index contributed by atoms with van der Waals surface area (Å²) in [5.74, 6) is 0.549. The molecule has 0 radical (unpaired) electrons. The molecular formula is C25H27N5OS2. The van der Waals surface area contributed by atoms with E-state index in [0.717, 1.165) is 40.2 Å². The molecule has 1 aliphatic carbocycles. The Morgan fingerprint density at radius 1 is 1.18 bits per heavy atom. The van der Waals surface area contributed by atoms with Crippen LogP contribution in [0.3, 0.4) is 0 Å². The number of amides is 1. The lowest BCUT2D eigenvalue weighted by molar-refractivity contribution is -0.120. The molecule has 6 nitrogen and oxygen atoms in total. The van der Waals surface area contributed by atoms with Crippen molar-refractivity contribution >= 4 is 34.8 Å². The summed E-state index contributed by atoms with van der Waals surface area (Å²) in [5.41, 5.74) is 6.64. The van der Waals surface area contributed by atoms with Gasteiger partial charge >= 0.3 is 0 Å². The molecule has 33 heavy (non-hydrogen) atoms. The fraction of sp³-hybridized carbons (Fsp3) is 0.360. The van der Waals surface area contributed by atoms with Crippen LogP contribution in [-0.4, -0.2) is 31.7 Å². The molecule has 0 saturated heterocycles. The second-order valence-corrected chi connectivity index (χ2v) is 10.3. The number of hydrogen-bond donors (Lipinski definition) is 1. The van der Waals surface area contributed by atoms with Crippen molar-refractivity contribution in [2.45, 2.75) is 57.1 Å². The predicted octanol–water partition coefficient (Wildman–Crippen LogP) is 4.85. The highest BCUT2D eigenvalue weighted by atomic mass is 32.2. The van der Waals surface area contributed by atoms with Crippen LogP contribution < -0.4 is 5.32 Å². The van der Waals surface area contributed by atoms with Gasteiger partial charge < -0.3 is 5.32 Å². The zero-order valence-corrected chi connectivity index (χ0v) is 20.7. The van der Waals surface area contributed by atoms with Gasteiger partial charge in [-0.1, -0.05) is 36.0 Å². The maximum Gasteiger partial charge on any atom is 0.253 e. The number of nitrogens with one attached hydrogen (secondary N) is 1. The Bertz CT molecular complexity index is 1310. The molecule has 0 aliphatic heterocycles. The van der Waals surface area contributed by atoms with E-state index in [1.165, 1.54) is 35.7 Å². The number of carbonyl (C=O) groups excluding carboxylic acids is 1. The van der Waals surface area contributed by atoms with Crippen LogP contribution in [0.25, 0.3) is 5.78 Å². The van der Waals surface area contributed by atoms with E-state index in [1.54, 1.807) is 15.9 Å². The molecule has 4 aromatic rings. The van der Waals surface area contributed by atoms with Crippen molar-refractivity contribution in [2.24, 2.45) is 0 Å². The Labute approximate surface area is 201 Å².